The van der Waals surface area contributed by atoms with Gasteiger partial charge in [-0.05, 0) is 22.9 Å². The van der Waals surface area contributed by atoms with E-state index in [0.717, 1.165) is 16.3 Å². The quantitative estimate of drug-likeness (QED) is 0.589. The van der Waals surface area contributed by atoms with Gasteiger partial charge in [-0.25, -0.2) is 9.78 Å². The molecule has 0 saturated carbocycles. The predicted molar refractivity (Wildman–Crippen MR) is 80.7 cm³/mol. The van der Waals surface area contributed by atoms with E-state index >= 15 is 0 Å². The normalized spacial score (nSPS) is 11.3. The second-order valence-corrected chi connectivity index (χ2v) is 4.60. The molecule has 0 bridgehead atoms. The molecule has 0 aliphatic heterocycles. The maximum Gasteiger partial charge on any atom is 0.346 e. The average Bonchev–Trinajstić information content (AvgIpc) is 3.00. The Morgan fingerprint density at radius 1 is 1.23 bits per heavy atom. The van der Waals surface area contributed by atoms with Gasteiger partial charge in [0.15, 0.2) is 12.2 Å². The number of carbonyl (C=O) groups is 1. The molecule has 1 heterocycles. The van der Waals surface area contributed by atoms with Crippen molar-refractivity contribution in [3.63, 3.8) is 0 Å². The molecule has 0 spiro atoms. The Hall–Kier alpha value is -3.39. The van der Waals surface area contributed by atoms with Crippen molar-refractivity contribution in [1.29, 1.82) is 5.26 Å². The van der Waals surface area contributed by atoms with E-state index < -0.39 is 11.5 Å². The molecule has 5 nitrogen and oxygen atoms in total. The monoisotopic (exact) mass is 290 g/mol. The van der Waals surface area contributed by atoms with Gasteiger partial charge in [0.2, 0.25) is 0 Å². The Morgan fingerprint density at radius 3 is 2.73 bits per heavy atom. The van der Waals surface area contributed by atoms with Crippen molar-refractivity contribution in [2.75, 3.05) is 0 Å². The molecule has 0 fully saturated rings. The third-order valence-corrected chi connectivity index (χ3v) is 3.24. The maximum atomic E-state index is 10.9. The lowest BCUT2D eigenvalue weighted by atomic mass is 10.0. The molecule has 0 unspecified atom stereocenters. The Bertz CT molecular complexity index is 932. The molecule has 1 N–H and O–H groups in total. The number of carboxylic acid groups (broad SMARTS) is 1. The maximum absolute atomic E-state index is 10.9. The minimum absolute atomic E-state index is 0.314. The molecule has 3 aromatic rings. The number of fused-ring (bicyclic) bond motifs is 1. The van der Waals surface area contributed by atoms with E-state index in [-0.39, 0.29) is 0 Å². The Morgan fingerprint density at radius 2 is 2.00 bits per heavy atom. The van der Waals surface area contributed by atoms with Crippen LogP contribution in [0.15, 0.2) is 58.8 Å². The van der Waals surface area contributed by atoms with E-state index in [1.807, 2.05) is 42.5 Å². The molecule has 3 rings (SSSR count). The zero-order valence-electron chi connectivity index (χ0n) is 11.4. The first-order valence-electron chi connectivity index (χ1n) is 6.47. The number of carboxylic acids is 1. The molecular formula is C17H10N2O3. The topological polar surface area (TPSA) is 87.1 Å². The summed E-state index contributed by atoms with van der Waals surface area (Å²) >= 11 is 0. The summed E-state index contributed by atoms with van der Waals surface area (Å²) in [7, 11) is 0. The summed E-state index contributed by atoms with van der Waals surface area (Å²) in [5.41, 5.74) is 0.690. The number of hydrogen-bond acceptors (Lipinski definition) is 4. The van der Waals surface area contributed by atoms with Crippen molar-refractivity contribution >= 4 is 22.8 Å². The summed E-state index contributed by atoms with van der Waals surface area (Å²) in [5, 5.41) is 19.9. The van der Waals surface area contributed by atoms with E-state index in [4.69, 9.17) is 14.8 Å². The van der Waals surface area contributed by atoms with Crippen LogP contribution in [-0.4, -0.2) is 16.1 Å². The van der Waals surface area contributed by atoms with Crippen molar-refractivity contribution in [2.24, 2.45) is 0 Å². The molecule has 2 aromatic carbocycles. The first-order valence-corrected chi connectivity index (χ1v) is 6.47. The van der Waals surface area contributed by atoms with Crippen LogP contribution in [-0.2, 0) is 4.79 Å². The molecule has 0 saturated heterocycles. The van der Waals surface area contributed by atoms with Crippen LogP contribution in [0, 0.1) is 11.3 Å². The molecule has 0 radical (unpaired) electrons. The third kappa shape index (κ3) is 2.45. The first kappa shape index (κ1) is 13.6. The van der Waals surface area contributed by atoms with Crippen molar-refractivity contribution in [3.05, 3.63) is 60.1 Å². The van der Waals surface area contributed by atoms with Crippen molar-refractivity contribution in [2.45, 2.75) is 0 Å². The lowest BCUT2D eigenvalue weighted by Crippen LogP contribution is -1.97. The van der Waals surface area contributed by atoms with Gasteiger partial charge in [-0.2, -0.15) is 5.26 Å². The minimum Gasteiger partial charge on any atom is -0.477 e. The molecule has 106 valence electrons. The van der Waals surface area contributed by atoms with Crippen molar-refractivity contribution in [1.82, 2.24) is 4.98 Å². The highest BCUT2D eigenvalue weighted by Gasteiger charge is 2.13. The third-order valence-electron chi connectivity index (χ3n) is 3.24. The SMILES string of the molecule is N#C/C(=C/c1ncoc1-c1ccc2ccccc2c1)C(=O)O. The van der Waals surface area contributed by atoms with Gasteiger partial charge in [-0.3, -0.25) is 0 Å². The number of oxazole rings is 1. The molecule has 0 aliphatic carbocycles. The highest BCUT2D eigenvalue weighted by Crippen LogP contribution is 2.28. The zero-order valence-corrected chi connectivity index (χ0v) is 11.4. The Balaban J connectivity index is 2.11. The molecule has 0 atom stereocenters. The Kier molecular flexibility index (Phi) is 3.42. The number of rotatable bonds is 3. The minimum atomic E-state index is -1.30. The highest BCUT2D eigenvalue weighted by molar-refractivity contribution is 5.97. The molecule has 1 aromatic heterocycles. The summed E-state index contributed by atoms with van der Waals surface area (Å²) < 4.78 is 5.37. The van der Waals surface area contributed by atoms with E-state index in [2.05, 4.69) is 4.98 Å². The summed E-state index contributed by atoms with van der Waals surface area (Å²) in [6, 6.07) is 15.2. The predicted octanol–water partition coefficient (Wildman–Crippen LogP) is 3.49. The molecular weight excluding hydrogens is 280 g/mol. The van der Waals surface area contributed by atoms with Crippen LogP contribution in [0.4, 0.5) is 0 Å². The first-order chi connectivity index (χ1) is 10.7. The molecule has 0 aliphatic rings. The lowest BCUT2D eigenvalue weighted by Gasteiger charge is -2.02. The van der Waals surface area contributed by atoms with Crippen LogP contribution in [0.3, 0.4) is 0 Å². The average molecular weight is 290 g/mol. The van der Waals surface area contributed by atoms with Crippen LogP contribution in [0.1, 0.15) is 5.69 Å². The molecule has 5 heteroatoms. The van der Waals surface area contributed by atoms with E-state index in [0.29, 0.717) is 11.5 Å². The van der Waals surface area contributed by atoms with E-state index in [1.165, 1.54) is 12.5 Å². The fourth-order valence-corrected chi connectivity index (χ4v) is 2.18. The number of benzene rings is 2. The fraction of sp³-hybridized carbons (Fsp3) is 0. The summed E-state index contributed by atoms with van der Waals surface area (Å²) in [4.78, 5) is 14.9. The lowest BCUT2D eigenvalue weighted by molar-refractivity contribution is -0.132. The van der Waals surface area contributed by atoms with Crippen molar-refractivity contribution < 1.29 is 14.3 Å². The van der Waals surface area contributed by atoms with Gasteiger partial charge in [-0.15, -0.1) is 0 Å². The largest absolute Gasteiger partial charge is 0.477 e. The number of nitriles is 1. The van der Waals surface area contributed by atoms with Gasteiger partial charge < -0.3 is 9.52 Å². The van der Waals surface area contributed by atoms with Crippen LogP contribution in [0.25, 0.3) is 28.2 Å². The molecule has 0 amide bonds. The zero-order chi connectivity index (χ0) is 15.5. The second kappa shape index (κ2) is 5.54. The Labute approximate surface area is 125 Å². The van der Waals surface area contributed by atoms with Crippen LogP contribution in [0.2, 0.25) is 0 Å². The van der Waals surface area contributed by atoms with Crippen molar-refractivity contribution in [3.8, 4) is 17.4 Å². The van der Waals surface area contributed by atoms with Crippen LogP contribution < -0.4 is 0 Å². The van der Waals surface area contributed by atoms with Gasteiger partial charge in [0.05, 0.1) is 0 Å². The van der Waals surface area contributed by atoms with E-state index in [1.54, 1.807) is 6.07 Å². The molecule has 22 heavy (non-hydrogen) atoms. The summed E-state index contributed by atoms with van der Waals surface area (Å²) in [6.45, 7) is 0. The highest BCUT2D eigenvalue weighted by atomic mass is 16.4. The van der Waals surface area contributed by atoms with E-state index in [9.17, 15) is 4.79 Å². The van der Waals surface area contributed by atoms with Crippen LogP contribution in [0.5, 0.6) is 0 Å². The smallest absolute Gasteiger partial charge is 0.346 e. The number of hydrogen-bond donors (Lipinski definition) is 1. The van der Waals surface area contributed by atoms with Gasteiger partial charge in [0.1, 0.15) is 17.3 Å². The summed E-state index contributed by atoms with van der Waals surface area (Å²) in [6.07, 6.45) is 2.43. The van der Waals surface area contributed by atoms with Crippen LogP contribution >= 0.6 is 0 Å². The van der Waals surface area contributed by atoms with Gasteiger partial charge >= 0.3 is 5.97 Å². The number of aromatic nitrogens is 1. The number of aliphatic carboxylic acids is 1. The summed E-state index contributed by atoms with van der Waals surface area (Å²) in [5.74, 6) is -0.866. The fourth-order valence-electron chi connectivity index (χ4n) is 2.18. The second-order valence-electron chi connectivity index (χ2n) is 4.60. The number of nitrogens with zero attached hydrogens (tertiary/aromatic N) is 2. The standard InChI is InChI=1S/C17H10N2O3/c18-9-14(17(20)21)8-15-16(22-10-19-15)13-6-5-11-3-1-2-4-12(11)7-13/h1-8,10H,(H,20,21)/b14-8-. The van der Waals surface area contributed by atoms with Gasteiger partial charge in [-0.1, -0.05) is 36.4 Å². The van der Waals surface area contributed by atoms with Gasteiger partial charge in [0.25, 0.3) is 0 Å². The van der Waals surface area contributed by atoms with Gasteiger partial charge in [0, 0.05) is 5.56 Å².